The Morgan fingerprint density at radius 1 is 1.00 bits per heavy atom. The Labute approximate surface area is 196 Å². The van der Waals surface area contributed by atoms with Crippen LogP contribution in [0.2, 0.25) is 0 Å². The van der Waals surface area contributed by atoms with Crippen LogP contribution in [0.1, 0.15) is 27.9 Å². The first-order valence-corrected chi connectivity index (χ1v) is 11.0. The van der Waals surface area contributed by atoms with Crippen LogP contribution < -0.4 is 5.32 Å². The molecule has 2 unspecified atom stereocenters. The molecule has 1 amide bonds. The highest BCUT2D eigenvalue weighted by molar-refractivity contribution is 5.97. The Balaban J connectivity index is 1.31. The van der Waals surface area contributed by atoms with E-state index in [4.69, 9.17) is 4.74 Å². The summed E-state index contributed by atoms with van der Waals surface area (Å²) in [5, 5.41) is 2.78. The number of carbonyl (C=O) groups excluding carboxylic acids is 2. The molecule has 1 aliphatic carbocycles. The van der Waals surface area contributed by atoms with Gasteiger partial charge in [-0.15, -0.1) is 0 Å². The van der Waals surface area contributed by atoms with Crippen molar-refractivity contribution in [3.05, 3.63) is 95.1 Å². The number of ether oxygens (including phenoxy) is 2. The number of methoxy groups -OCH3 is 1. The molecular weight excluding hydrogens is 440 g/mol. The molecule has 4 rings (SSSR count). The highest BCUT2D eigenvalue weighted by Crippen LogP contribution is 2.39. The van der Waals surface area contributed by atoms with Gasteiger partial charge in [0.15, 0.2) is 0 Å². The maximum atomic E-state index is 14.7. The van der Waals surface area contributed by atoms with Crippen LogP contribution in [0, 0.1) is 23.5 Å². The average Bonchev–Trinajstić information content (AvgIpc) is 3.63. The van der Waals surface area contributed by atoms with Crippen LogP contribution in [-0.4, -0.2) is 25.6 Å². The number of amides is 1. The van der Waals surface area contributed by atoms with Crippen LogP contribution in [0.3, 0.4) is 0 Å². The second-order valence-electron chi connectivity index (χ2n) is 8.28. The predicted octanol–water partition coefficient (Wildman–Crippen LogP) is 4.89. The Morgan fingerprint density at radius 2 is 1.79 bits per heavy atom. The van der Waals surface area contributed by atoms with Crippen LogP contribution in [0.25, 0.3) is 11.1 Å². The maximum Gasteiger partial charge on any atom is 0.341 e. The van der Waals surface area contributed by atoms with Crippen molar-refractivity contribution in [1.29, 1.82) is 0 Å². The largest absolute Gasteiger partial charge is 0.465 e. The van der Waals surface area contributed by atoms with Crippen molar-refractivity contribution in [2.75, 3.05) is 13.7 Å². The molecule has 1 N–H and O–H groups in total. The monoisotopic (exact) mass is 465 g/mol. The molecule has 34 heavy (non-hydrogen) atoms. The first kappa shape index (κ1) is 23.6. The van der Waals surface area contributed by atoms with Gasteiger partial charge in [-0.25, -0.2) is 13.6 Å². The van der Waals surface area contributed by atoms with E-state index >= 15 is 0 Å². The van der Waals surface area contributed by atoms with Crippen molar-refractivity contribution in [3.63, 3.8) is 0 Å². The molecule has 1 fully saturated rings. The van der Waals surface area contributed by atoms with Gasteiger partial charge in [-0.1, -0.05) is 54.6 Å². The highest BCUT2D eigenvalue weighted by atomic mass is 19.1. The van der Waals surface area contributed by atoms with Crippen molar-refractivity contribution in [2.45, 2.75) is 19.6 Å². The normalized spacial score (nSPS) is 16.7. The summed E-state index contributed by atoms with van der Waals surface area (Å²) in [6.45, 7) is 1.05. The van der Waals surface area contributed by atoms with E-state index in [1.54, 1.807) is 6.07 Å². The van der Waals surface area contributed by atoms with Gasteiger partial charge in [-0.3, -0.25) is 4.79 Å². The minimum absolute atomic E-state index is 0.0338. The molecule has 0 radical (unpaired) electrons. The zero-order valence-electron chi connectivity index (χ0n) is 18.7. The lowest BCUT2D eigenvalue weighted by atomic mass is 9.98. The Morgan fingerprint density at radius 3 is 2.53 bits per heavy atom. The molecule has 0 saturated heterocycles. The Kier molecular flexibility index (Phi) is 7.33. The highest BCUT2D eigenvalue weighted by Gasteiger charge is 2.42. The molecule has 0 aliphatic heterocycles. The average molecular weight is 465 g/mol. The molecule has 0 heterocycles. The second kappa shape index (κ2) is 10.6. The fourth-order valence-corrected chi connectivity index (χ4v) is 3.90. The van der Waals surface area contributed by atoms with Gasteiger partial charge in [-0.2, -0.15) is 0 Å². The van der Waals surface area contributed by atoms with Gasteiger partial charge in [0.2, 0.25) is 5.91 Å². The van der Waals surface area contributed by atoms with Gasteiger partial charge in [-0.05, 0) is 41.2 Å². The van der Waals surface area contributed by atoms with Gasteiger partial charge in [0.05, 0.1) is 20.3 Å². The van der Waals surface area contributed by atoms with Crippen LogP contribution in [0.5, 0.6) is 0 Å². The number of nitrogens with one attached hydrogen (secondary N) is 1. The van der Waals surface area contributed by atoms with Crippen molar-refractivity contribution in [3.8, 4) is 11.1 Å². The Bertz CT molecular complexity index is 1180. The lowest BCUT2D eigenvalue weighted by Gasteiger charge is -2.11. The van der Waals surface area contributed by atoms with Crippen molar-refractivity contribution in [1.82, 2.24) is 5.32 Å². The van der Waals surface area contributed by atoms with Crippen LogP contribution in [-0.2, 0) is 27.4 Å². The summed E-state index contributed by atoms with van der Waals surface area (Å²) in [5.74, 6) is -2.23. The van der Waals surface area contributed by atoms with Crippen LogP contribution in [0.15, 0.2) is 66.7 Å². The molecule has 5 nitrogen and oxygen atoms in total. The zero-order chi connectivity index (χ0) is 24.1. The quantitative estimate of drug-likeness (QED) is 0.457. The molecule has 176 valence electrons. The minimum Gasteiger partial charge on any atom is -0.465 e. The standard InChI is InChI=1S/C27H25F2NO4/c1-33-27(32)25-21(8-5-9-23(25)28)18-10-11-19(24(29)13-18)14-30-26(31)22-12-20(22)16-34-15-17-6-3-2-4-7-17/h2-11,13,20,22H,12,14-16H2,1H3,(H,30,31). The third-order valence-corrected chi connectivity index (χ3v) is 5.92. The molecule has 3 aromatic rings. The molecule has 7 heteroatoms. The van der Waals surface area contributed by atoms with E-state index < -0.39 is 17.6 Å². The third kappa shape index (κ3) is 5.48. The number of halogens is 2. The second-order valence-corrected chi connectivity index (χ2v) is 8.28. The number of esters is 1. The van der Waals surface area contributed by atoms with E-state index in [0.29, 0.717) is 24.3 Å². The fourth-order valence-electron chi connectivity index (χ4n) is 3.90. The molecule has 3 aromatic carbocycles. The maximum absolute atomic E-state index is 14.7. The summed E-state index contributed by atoms with van der Waals surface area (Å²) in [7, 11) is 1.16. The summed E-state index contributed by atoms with van der Waals surface area (Å²) in [6.07, 6.45) is 0.748. The van der Waals surface area contributed by atoms with E-state index in [9.17, 15) is 18.4 Å². The van der Waals surface area contributed by atoms with Gasteiger partial charge < -0.3 is 14.8 Å². The summed E-state index contributed by atoms with van der Waals surface area (Å²) >= 11 is 0. The predicted molar refractivity (Wildman–Crippen MR) is 123 cm³/mol. The van der Waals surface area contributed by atoms with Crippen molar-refractivity contribution < 1.29 is 27.8 Å². The van der Waals surface area contributed by atoms with Gasteiger partial charge >= 0.3 is 5.97 Å². The molecule has 1 aliphatic rings. The number of carbonyl (C=O) groups is 2. The number of benzene rings is 3. The molecule has 0 bridgehead atoms. The van der Waals surface area contributed by atoms with Crippen molar-refractivity contribution in [2.24, 2.45) is 11.8 Å². The number of hydrogen-bond donors (Lipinski definition) is 1. The summed E-state index contributed by atoms with van der Waals surface area (Å²) in [5.41, 5.74) is 1.70. The lowest BCUT2D eigenvalue weighted by Crippen LogP contribution is -2.26. The SMILES string of the molecule is COC(=O)c1c(F)cccc1-c1ccc(CNC(=O)C2CC2COCc2ccccc2)c(F)c1. The summed E-state index contributed by atoms with van der Waals surface area (Å²) in [4.78, 5) is 24.4. The Hall–Kier alpha value is -3.58. The van der Waals surface area contributed by atoms with E-state index in [2.05, 4.69) is 10.1 Å². The van der Waals surface area contributed by atoms with Crippen LogP contribution >= 0.6 is 0 Å². The first-order chi connectivity index (χ1) is 16.5. The molecular formula is C27H25F2NO4. The van der Waals surface area contributed by atoms with Crippen molar-refractivity contribution >= 4 is 11.9 Å². The first-order valence-electron chi connectivity index (χ1n) is 11.0. The number of hydrogen-bond acceptors (Lipinski definition) is 4. The molecule has 0 aromatic heterocycles. The van der Waals surface area contributed by atoms with E-state index in [1.807, 2.05) is 30.3 Å². The lowest BCUT2D eigenvalue weighted by molar-refractivity contribution is -0.123. The van der Waals surface area contributed by atoms with Crippen LogP contribution in [0.4, 0.5) is 8.78 Å². The summed E-state index contributed by atoms with van der Waals surface area (Å²) < 4.78 is 39.3. The van der Waals surface area contributed by atoms with E-state index in [0.717, 1.165) is 25.2 Å². The third-order valence-electron chi connectivity index (χ3n) is 5.92. The van der Waals surface area contributed by atoms with Gasteiger partial charge in [0.1, 0.15) is 17.2 Å². The minimum atomic E-state index is -0.836. The van der Waals surface area contributed by atoms with Gasteiger partial charge in [0, 0.05) is 18.0 Å². The fraction of sp³-hybridized carbons (Fsp3) is 0.259. The molecule has 2 atom stereocenters. The molecule has 0 spiro atoms. The topological polar surface area (TPSA) is 64.6 Å². The number of rotatable bonds is 9. The van der Waals surface area contributed by atoms with E-state index in [-0.39, 0.29) is 35.4 Å². The zero-order valence-corrected chi connectivity index (χ0v) is 18.7. The molecule has 1 saturated carbocycles. The van der Waals surface area contributed by atoms with Gasteiger partial charge in [0.25, 0.3) is 0 Å². The summed E-state index contributed by atoms with van der Waals surface area (Å²) in [6, 6.07) is 18.3. The smallest absolute Gasteiger partial charge is 0.341 e. The van der Waals surface area contributed by atoms with E-state index in [1.165, 1.54) is 24.3 Å².